The molecule has 0 spiro atoms. The monoisotopic (exact) mass is 278 g/mol. The van der Waals surface area contributed by atoms with E-state index in [1.165, 1.54) is 12.0 Å². The molecule has 0 bridgehead atoms. The maximum atomic E-state index is 5.39. The summed E-state index contributed by atoms with van der Waals surface area (Å²) in [5, 5.41) is 3.77. The van der Waals surface area contributed by atoms with Gasteiger partial charge in [0.1, 0.15) is 0 Å². The fourth-order valence-electron chi connectivity index (χ4n) is 2.58. The molecule has 3 nitrogen and oxygen atoms in total. The maximum Gasteiger partial charge on any atom is 0.0657 e. The minimum Gasteiger partial charge on any atom is -0.383 e. The Balaban J connectivity index is 2.74. The van der Waals surface area contributed by atoms with E-state index < -0.39 is 0 Å². The van der Waals surface area contributed by atoms with Crippen LogP contribution in [0.3, 0.4) is 0 Å². The minimum absolute atomic E-state index is 0.255. The van der Waals surface area contributed by atoms with Crippen LogP contribution >= 0.6 is 0 Å². The van der Waals surface area contributed by atoms with E-state index in [1.54, 1.807) is 7.11 Å². The van der Waals surface area contributed by atoms with Crippen LogP contribution in [0, 0.1) is 5.92 Å². The summed E-state index contributed by atoms with van der Waals surface area (Å²) in [6.07, 6.45) is 1.17. The normalized spacial score (nSPS) is 14.8. The molecule has 20 heavy (non-hydrogen) atoms. The number of likely N-dealkylation sites (N-methyl/N-ethyl adjacent to an activating group) is 1. The highest BCUT2D eigenvalue weighted by molar-refractivity contribution is 5.19. The second kappa shape index (κ2) is 9.11. The first-order valence-electron chi connectivity index (χ1n) is 7.47. The van der Waals surface area contributed by atoms with Crippen LogP contribution < -0.4 is 5.32 Å². The zero-order valence-electron chi connectivity index (χ0n) is 13.6. The van der Waals surface area contributed by atoms with Crippen molar-refractivity contribution in [3.8, 4) is 0 Å². The van der Waals surface area contributed by atoms with Gasteiger partial charge in [-0.3, -0.25) is 0 Å². The van der Waals surface area contributed by atoms with Crippen molar-refractivity contribution >= 4 is 0 Å². The van der Waals surface area contributed by atoms with Gasteiger partial charge in [-0.15, -0.1) is 0 Å². The predicted molar refractivity (Wildman–Crippen MR) is 86.0 cm³/mol. The number of hydrogen-bond donors (Lipinski definition) is 1. The predicted octanol–water partition coefficient (Wildman–Crippen LogP) is 2.94. The fraction of sp³-hybridized carbons (Fsp3) is 0.647. The molecule has 0 heterocycles. The Bertz CT molecular complexity index is 341. The average Bonchev–Trinajstić information content (AvgIpc) is 2.37. The first-order valence-corrected chi connectivity index (χ1v) is 7.47. The second-order valence-electron chi connectivity index (χ2n) is 6.17. The van der Waals surface area contributed by atoms with Gasteiger partial charge in [0.25, 0.3) is 0 Å². The third-order valence-electron chi connectivity index (χ3n) is 3.31. The topological polar surface area (TPSA) is 24.5 Å². The van der Waals surface area contributed by atoms with Crippen molar-refractivity contribution in [3.63, 3.8) is 0 Å². The smallest absolute Gasteiger partial charge is 0.0657 e. The van der Waals surface area contributed by atoms with Crippen LogP contribution in [0.1, 0.15) is 31.9 Å². The Morgan fingerprint density at radius 3 is 2.30 bits per heavy atom. The van der Waals surface area contributed by atoms with Crippen molar-refractivity contribution in [2.45, 2.75) is 32.4 Å². The lowest BCUT2D eigenvalue weighted by atomic mass is 10.0. The first kappa shape index (κ1) is 17.2. The molecule has 0 amide bonds. The van der Waals surface area contributed by atoms with Gasteiger partial charge < -0.3 is 15.0 Å². The Kier molecular flexibility index (Phi) is 7.82. The second-order valence-corrected chi connectivity index (χ2v) is 6.17. The molecular formula is C17H30N2O. The number of ether oxygens (including phenoxy) is 1. The summed E-state index contributed by atoms with van der Waals surface area (Å²) < 4.78 is 5.39. The molecule has 2 atom stereocenters. The van der Waals surface area contributed by atoms with E-state index in [2.05, 4.69) is 68.5 Å². The molecule has 0 aliphatic heterocycles. The molecule has 114 valence electrons. The summed E-state index contributed by atoms with van der Waals surface area (Å²) in [5.74, 6) is 0.686. The number of benzene rings is 1. The van der Waals surface area contributed by atoms with Gasteiger partial charge in [0, 0.05) is 19.7 Å². The Morgan fingerprint density at radius 1 is 1.15 bits per heavy atom. The van der Waals surface area contributed by atoms with E-state index >= 15 is 0 Å². The molecule has 1 rings (SSSR count). The highest BCUT2D eigenvalue weighted by atomic mass is 16.5. The van der Waals surface area contributed by atoms with Gasteiger partial charge in [0.15, 0.2) is 0 Å². The molecule has 0 aliphatic carbocycles. The lowest BCUT2D eigenvalue weighted by Crippen LogP contribution is -2.42. The van der Waals surface area contributed by atoms with Crippen LogP contribution in [0.5, 0.6) is 0 Å². The molecular weight excluding hydrogens is 248 g/mol. The van der Waals surface area contributed by atoms with E-state index in [9.17, 15) is 0 Å². The minimum atomic E-state index is 0.255. The van der Waals surface area contributed by atoms with Crippen LogP contribution in [0.15, 0.2) is 30.3 Å². The number of methoxy groups -OCH3 is 1. The summed E-state index contributed by atoms with van der Waals surface area (Å²) in [4.78, 5) is 2.24. The van der Waals surface area contributed by atoms with Crippen molar-refractivity contribution in [2.24, 2.45) is 5.92 Å². The molecule has 0 saturated heterocycles. The van der Waals surface area contributed by atoms with Gasteiger partial charge in [-0.25, -0.2) is 0 Å². The zero-order chi connectivity index (χ0) is 15.0. The van der Waals surface area contributed by atoms with Crippen LogP contribution in [-0.4, -0.2) is 45.3 Å². The van der Waals surface area contributed by atoms with Crippen LogP contribution in [0.2, 0.25) is 0 Å². The Morgan fingerprint density at radius 2 is 1.80 bits per heavy atom. The van der Waals surface area contributed by atoms with E-state index in [0.29, 0.717) is 18.6 Å². The van der Waals surface area contributed by atoms with E-state index in [0.717, 1.165) is 6.54 Å². The summed E-state index contributed by atoms with van der Waals surface area (Å²) in [6, 6.07) is 11.3. The van der Waals surface area contributed by atoms with Gasteiger partial charge in [-0.05, 0) is 32.0 Å². The molecule has 0 aliphatic rings. The Hall–Kier alpha value is -0.900. The van der Waals surface area contributed by atoms with Gasteiger partial charge in [0.05, 0.1) is 12.6 Å². The van der Waals surface area contributed by atoms with Gasteiger partial charge in [0.2, 0.25) is 0 Å². The summed E-state index contributed by atoms with van der Waals surface area (Å²) in [5.41, 5.74) is 1.29. The van der Waals surface area contributed by atoms with E-state index in [4.69, 9.17) is 4.74 Å². The van der Waals surface area contributed by atoms with Gasteiger partial charge in [-0.2, -0.15) is 0 Å². The summed E-state index contributed by atoms with van der Waals surface area (Å²) in [6.45, 7) is 6.30. The number of hydrogen-bond acceptors (Lipinski definition) is 3. The number of nitrogens with zero attached hydrogens (tertiary/aromatic N) is 1. The summed E-state index contributed by atoms with van der Waals surface area (Å²) in [7, 11) is 6.02. The quantitative estimate of drug-likeness (QED) is 0.751. The highest BCUT2D eigenvalue weighted by Gasteiger charge is 2.18. The molecule has 0 aromatic heterocycles. The maximum absolute atomic E-state index is 5.39. The number of nitrogens with one attached hydrogen (secondary N) is 1. The van der Waals surface area contributed by atoms with Crippen molar-refractivity contribution < 1.29 is 4.74 Å². The Labute approximate surface area is 124 Å². The molecule has 0 saturated carbocycles. The largest absolute Gasteiger partial charge is 0.383 e. The van der Waals surface area contributed by atoms with Crippen molar-refractivity contribution in [2.75, 3.05) is 34.4 Å². The third-order valence-corrected chi connectivity index (χ3v) is 3.31. The standard InChI is InChI=1S/C17H30N2O/c1-14(2)11-16(12-19(3)4)18-17(13-20-5)15-9-7-6-8-10-15/h6-10,14,16-18H,11-13H2,1-5H3. The molecule has 3 heteroatoms. The highest BCUT2D eigenvalue weighted by Crippen LogP contribution is 2.16. The van der Waals surface area contributed by atoms with Gasteiger partial charge in [-0.1, -0.05) is 44.2 Å². The average molecular weight is 278 g/mol. The van der Waals surface area contributed by atoms with Crippen molar-refractivity contribution in [3.05, 3.63) is 35.9 Å². The molecule has 0 fully saturated rings. The van der Waals surface area contributed by atoms with E-state index in [1.807, 2.05) is 0 Å². The van der Waals surface area contributed by atoms with Crippen LogP contribution in [-0.2, 0) is 4.74 Å². The SMILES string of the molecule is COCC(NC(CC(C)C)CN(C)C)c1ccccc1. The third kappa shape index (κ3) is 6.51. The molecule has 2 unspecified atom stereocenters. The van der Waals surface area contributed by atoms with Crippen LogP contribution in [0.25, 0.3) is 0 Å². The van der Waals surface area contributed by atoms with Crippen LogP contribution in [0.4, 0.5) is 0 Å². The van der Waals surface area contributed by atoms with Crippen molar-refractivity contribution in [1.82, 2.24) is 10.2 Å². The summed E-state index contributed by atoms with van der Waals surface area (Å²) >= 11 is 0. The lowest BCUT2D eigenvalue weighted by Gasteiger charge is -2.29. The van der Waals surface area contributed by atoms with Crippen molar-refractivity contribution in [1.29, 1.82) is 0 Å². The van der Waals surface area contributed by atoms with E-state index in [-0.39, 0.29) is 6.04 Å². The molecule has 1 N–H and O–H groups in total. The lowest BCUT2D eigenvalue weighted by molar-refractivity contribution is 0.153. The zero-order valence-corrected chi connectivity index (χ0v) is 13.6. The number of rotatable bonds is 9. The molecule has 1 aromatic rings. The molecule has 0 radical (unpaired) electrons. The first-order chi connectivity index (χ1) is 9.52. The van der Waals surface area contributed by atoms with Gasteiger partial charge >= 0.3 is 0 Å². The molecule has 1 aromatic carbocycles. The fourth-order valence-corrected chi connectivity index (χ4v) is 2.58.